The zero-order valence-corrected chi connectivity index (χ0v) is 29.6. The molecule has 242 valence electrons. The molecule has 1 aliphatic heterocycles. The topological polar surface area (TPSA) is 58.6 Å². The standard InChI is InChI=1S/C21H34N4O2.C9H11Cl.C6H14/c1-8-15(3)17(9-2)18-16(4)22-14-23-19(18)24-10-12-25(13-11-24)20(26)27-21(5,6)7;1-2-4-8-5-3-6-9(10)7-8;1-3-5-6-4-2/h9,14-15H,8,10-13H2,1-7H3;3,5-7H,2,4H2,1H3;3-6H2,1-2H3/b17-9-;;. The molecule has 0 N–H and O–H groups in total. The Morgan fingerprint density at radius 1 is 1.02 bits per heavy atom. The third kappa shape index (κ3) is 14.2. The van der Waals surface area contributed by atoms with Crippen molar-refractivity contribution in [3.63, 3.8) is 0 Å². The fourth-order valence-corrected chi connectivity index (χ4v) is 5.06. The summed E-state index contributed by atoms with van der Waals surface area (Å²) in [4.78, 5) is 25.4. The summed E-state index contributed by atoms with van der Waals surface area (Å²) in [6.45, 7) is 23.6. The summed E-state index contributed by atoms with van der Waals surface area (Å²) in [7, 11) is 0. The van der Waals surface area contributed by atoms with E-state index in [1.54, 1.807) is 11.2 Å². The van der Waals surface area contributed by atoms with Crippen LogP contribution < -0.4 is 4.90 Å². The summed E-state index contributed by atoms with van der Waals surface area (Å²) in [5, 5.41) is 0.839. The molecule has 0 radical (unpaired) electrons. The highest BCUT2D eigenvalue weighted by Crippen LogP contribution is 2.34. The number of anilines is 1. The molecule has 3 rings (SSSR count). The summed E-state index contributed by atoms with van der Waals surface area (Å²) in [5.41, 5.74) is 4.29. The molecule has 1 saturated heterocycles. The summed E-state index contributed by atoms with van der Waals surface area (Å²) >= 11 is 5.78. The van der Waals surface area contributed by atoms with Gasteiger partial charge in [0.25, 0.3) is 0 Å². The third-order valence-electron chi connectivity index (χ3n) is 7.38. The first-order chi connectivity index (χ1) is 20.4. The second kappa shape index (κ2) is 20.4. The molecule has 1 fully saturated rings. The highest BCUT2D eigenvalue weighted by atomic mass is 35.5. The van der Waals surface area contributed by atoms with Gasteiger partial charge in [0.05, 0.1) is 5.69 Å². The highest BCUT2D eigenvalue weighted by molar-refractivity contribution is 6.30. The van der Waals surface area contributed by atoms with Crippen molar-refractivity contribution in [1.29, 1.82) is 0 Å². The van der Waals surface area contributed by atoms with E-state index in [1.807, 2.05) is 45.9 Å². The van der Waals surface area contributed by atoms with Crippen LogP contribution in [0.15, 0.2) is 36.7 Å². The van der Waals surface area contributed by atoms with E-state index in [-0.39, 0.29) is 6.09 Å². The van der Waals surface area contributed by atoms with Gasteiger partial charge in [-0.3, -0.25) is 0 Å². The molecule has 7 heteroatoms. The lowest BCUT2D eigenvalue weighted by Crippen LogP contribution is -2.50. The number of amides is 1. The number of carbonyl (C=O) groups is 1. The Bertz CT molecular complexity index is 1100. The maximum absolute atomic E-state index is 12.3. The van der Waals surface area contributed by atoms with Crippen molar-refractivity contribution in [2.75, 3.05) is 31.1 Å². The first-order valence-corrected chi connectivity index (χ1v) is 16.7. The van der Waals surface area contributed by atoms with Crippen LogP contribution in [0, 0.1) is 12.8 Å². The van der Waals surface area contributed by atoms with Crippen molar-refractivity contribution in [2.24, 2.45) is 5.92 Å². The monoisotopic (exact) mass is 614 g/mol. The van der Waals surface area contributed by atoms with Crippen LogP contribution in [-0.2, 0) is 11.2 Å². The lowest BCUT2D eigenvalue weighted by atomic mass is 9.90. The van der Waals surface area contributed by atoms with Crippen molar-refractivity contribution in [1.82, 2.24) is 14.9 Å². The van der Waals surface area contributed by atoms with E-state index in [0.717, 1.165) is 48.0 Å². The number of hydrogen-bond donors (Lipinski definition) is 0. The Balaban J connectivity index is 0.000000470. The Morgan fingerprint density at radius 3 is 2.14 bits per heavy atom. The van der Waals surface area contributed by atoms with E-state index in [2.05, 4.69) is 68.6 Å². The third-order valence-corrected chi connectivity index (χ3v) is 7.61. The van der Waals surface area contributed by atoms with Gasteiger partial charge in [0.2, 0.25) is 0 Å². The fourth-order valence-electron chi connectivity index (χ4n) is 4.84. The van der Waals surface area contributed by atoms with Gasteiger partial charge < -0.3 is 14.5 Å². The van der Waals surface area contributed by atoms with Crippen LogP contribution in [0.25, 0.3) is 5.57 Å². The van der Waals surface area contributed by atoms with Crippen LogP contribution >= 0.6 is 11.6 Å². The summed E-state index contributed by atoms with van der Waals surface area (Å²) < 4.78 is 5.50. The summed E-state index contributed by atoms with van der Waals surface area (Å²) in [6, 6.07) is 8.02. The van der Waals surface area contributed by atoms with Crippen molar-refractivity contribution < 1.29 is 9.53 Å². The van der Waals surface area contributed by atoms with E-state index in [4.69, 9.17) is 16.3 Å². The number of piperazine rings is 1. The normalized spacial score (nSPS) is 14.3. The molecule has 6 nitrogen and oxygen atoms in total. The lowest BCUT2D eigenvalue weighted by molar-refractivity contribution is 0.0240. The first-order valence-electron chi connectivity index (χ1n) is 16.4. The quantitative estimate of drug-likeness (QED) is 0.263. The van der Waals surface area contributed by atoms with Gasteiger partial charge in [0, 0.05) is 36.8 Å². The molecule has 1 unspecified atom stereocenters. The number of carbonyl (C=O) groups excluding carboxylic acids is 1. The SMILES string of the molecule is C/C=C(\c1c(C)ncnc1N1CCN(C(=O)OC(C)(C)C)CC1)C(C)CC.CCCCCC.CCCc1cccc(Cl)c1. The molecule has 1 amide bonds. The molecular formula is C36H59ClN4O2. The molecule has 0 spiro atoms. The number of halogens is 1. The van der Waals surface area contributed by atoms with Crippen molar-refractivity contribution in [3.8, 4) is 0 Å². The Labute approximate surface area is 268 Å². The number of aromatic nitrogens is 2. The van der Waals surface area contributed by atoms with Gasteiger partial charge in [-0.15, -0.1) is 0 Å². The zero-order chi connectivity index (χ0) is 32.4. The molecule has 43 heavy (non-hydrogen) atoms. The molecule has 0 aliphatic carbocycles. The van der Waals surface area contributed by atoms with Crippen molar-refractivity contribution in [2.45, 2.75) is 120 Å². The van der Waals surface area contributed by atoms with Crippen LogP contribution in [-0.4, -0.2) is 52.7 Å². The molecule has 2 aromatic rings. The maximum atomic E-state index is 12.3. The molecule has 2 heterocycles. The number of aryl methyl sites for hydroxylation is 2. The number of rotatable bonds is 9. The minimum atomic E-state index is -0.470. The Hall–Kier alpha value is -2.60. The number of benzene rings is 1. The van der Waals surface area contributed by atoms with E-state index in [9.17, 15) is 4.79 Å². The molecule has 1 aromatic carbocycles. The second-order valence-electron chi connectivity index (χ2n) is 12.3. The molecule has 0 bridgehead atoms. The van der Waals surface area contributed by atoms with Crippen molar-refractivity contribution >= 4 is 29.1 Å². The van der Waals surface area contributed by atoms with Crippen molar-refractivity contribution in [3.05, 3.63) is 58.5 Å². The van der Waals surface area contributed by atoms with Crippen LogP contribution in [0.4, 0.5) is 10.6 Å². The number of nitrogens with zero attached hydrogens (tertiary/aromatic N) is 4. The van der Waals surface area contributed by atoms with Crippen LogP contribution in [0.5, 0.6) is 0 Å². The van der Waals surface area contributed by atoms with Crippen LogP contribution in [0.1, 0.15) is 118 Å². The lowest BCUT2D eigenvalue weighted by Gasteiger charge is -2.37. The van der Waals surface area contributed by atoms with Gasteiger partial charge in [0.1, 0.15) is 17.7 Å². The number of ether oxygens (including phenoxy) is 1. The number of allylic oxidation sites excluding steroid dienone is 2. The minimum absolute atomic E-state index is 0.241. The van der Waals surface area contributed by atoms with Gasteiger partial charge >= 0.3 is 6.09 Å². The number of hydrogen-bond acceptors (Lipinski definition) is 5. The average molecular weight is 615 g/mol. The smallest absolute Gasteiger partial charge is 0.410 e. The summed E-state index contributed by atoms with van der Waals surface area (Å²) in [6.07, 6.45) is 12.5. The molecule has 0 saturated carbocycles. The highest BCUT2D eigenvalue weighted by Gasteiger charge is 2.28. The van der Waals surface area contributed by atoms with Crippen LogP contribution in [0.3, 0.4) is 0 Å². The van der Waals surface area contributed by atoms with Gasteiger partial charge in [-0.2, -0.15) is 0 Å². The molecular weight excluding hydrogens is 556 g/mol. The van der Waals surface area contributed by atoms with E-state index in [0.29, 0.717) is 19.0 Å². The minimum Gasteiger partial charge on any atom is -0.444 e. The fraction of sp³-hybridized carbons (Fsp3) is 0.639. The summed E-state index contributed by atoms with van der Waals surface area (Å²) in [5.74, 6) is 1.42. The predicted molar refractivity (Wildman–Crippen MR) is 185 cm³/mol. The average Bonchev–Trinajstić information content (AvgIpc) is 2.97. The first kappa shape index (κ1) is 38.4. The van der Waals surface area contributed by atoms with Gasteiger partial charge in [-0.25, -0.2) is 14.8 Å². The molecule has 1 atom stereocenters. The van der Waals surface area contributed by atoms with Gasteiger partial charge in [-0.1, -0.05) is 96.5 Å². The van der Waals surface area contributed by atoms with E-state index < -0.39 is 5.60 Å². The van der Waals surface area contributed by atoms with Crippen LogP contribution in [0.2, 0.25) is 5.02 Å². The van der Waals surface area contributed by atoms with Gasteiger partial charge in [0.15, 0.2) is 0 Å². The molecule has 1 aromatic heterocycles. The predicted octanol–water partition coefficient (Wildman–Crippen LogP) is 10.2. The zero-order valence-electron chi connectivity index (χ0n) is 28.8. The second-order valence-corrected chi connectivity index (χ2v) is 12.7. The van der Waals surface area contributed by atoms with E-state index in [1.165, 1.54) is 43.2 Å². The Kier molecular flexibility index (Phi) is 18.2. The maximum Gasteiger partial charge on any atom is 0.410 e. The number of unbranched alkanes of at least 4 members (excludes halogenated alkanes) is 3. The molecule has 1 aliphatic rings. The largest absolute Gasteiger partial charge is 0.444 e. The van der Waals surface area contributed by atoms with E-state index >= 15 is 0 Å². The van der Waals surface area contributed by atoms with Gasteiger partial charge in [-0.05, 0) is 76.6 Å². The Morgan fingerprint density at radius 2 is 1.65 bits per heavy atom.